The van der Waals surface area contributed by atoms with E-state index in [4.69, 9.17) is 21.1 Å². The fraction of sp³-hybridized carbons (Fsp3) is 0.455. The number of hydrogen-bond acceptors (Lipinski definition) is 4. The summed E-state index contributed by atoms with van der Waals surface area (Å²) in [6.45, 7) is 1.58. The minimum Gasteiger partial charge on any atom is -0.354 e. The fourth-order valence-electron chi connectivity index (χ4n) is 1.52. The van der Waals surface area contributed by atoms with E-state index in [0.717, 1.165) is 18.2 Å². The van der Waals surface area contributed by atoms with Crippen LogP contribution in [0.15, 0.2) is 23.1 Å². The summed E-state index contributed by atoms with van der Waals surface area (Å²) in [4.78, 5) is -0.128. The molecule has 1 rings (SSSR count). The molecular weight excluding hydrogens is 297 g/mol. The molecule has 0 amide bonds. The third-order valence-corrected chi connectivity index (χ3v) is 4.26. The molecule has 8 heteroatoms. The van der Waals surface area contributed by atoms with Crippen LogP contribution in [0.1, 0.15) is 6.92 Å². The van der Waals surface area contributed by atoms with Gasteiger partial charge < -0.3 is 9.47 Å². The molecule has 0 spiro atoms. The van der Waals surface area contributed by atoms with Crippen LogP contribution in [0.5, 0.6) is 0 Å². The zero-order chi connectivity index (χ0) is 14.6. The van der Waals surface area contributed by atoms with Crippen LogP contribution < -0.4 is 4.72 Å². The highest BCUT2D eigenvalue weighted by atomic mass is 35.5. The van der Waals surface area contributed by atoms with Crippen molar-refractivity contribution in [3.05, 3.63) is 29.0 Å². The first-order valence-electron chi connectivity index (χ1n) is 5.34. The number of ether oxygens (including phenoxy) is 2. The van der Waals surface area contributed by atoms with E-state index in [-0.39, 0.29) is 9.92 Å². The van der Waals surface area contributed by atoms with Crippen molar-refractivity contribution < 1.29 is 22.3 Å². The lowest BCUT2D eigenvalue weighted by Gasteiger charge is -2.22. The quantitative estimate of drug-likeness (QED) is 0.813. The van der Waals surface area contributed by atoms with Gasteiger partial charge in [0.1, 0.15) is 5.82 Å². The van der Waals surface area contributed by atoms with Crippen molar-refractivity contribution in [2.45, 2.75) is 24.2 Å². The van der Waals surface area contributed by atoms with Crippen LogP contribution >= 0.6 is 11.6 Å². The maximum Gasteiger partial charge on any atom is 0.241 e. The second-order valence-corrected chi connectivity index (χ2v) is 5.95. The van der Waals surface area contributed by atoms with Crippen molar-refractivity contribution in [2.75, 3.05) is 14.2 Å². The van der Waals surface area contributed by atoms with Crippen LogP contribution in [-0.2, 0) is 19.5 Å². The first-order valence-corrected chi connectivity index (χ1v) is 7.21. The highest BCUT2D eigenvalue weighted by Gasteiger charge is 2.24. The number of nitrogens with one attached hydrogen (secondary N) is 1. The maximum atomic E-state index is 13.0. The average molecular weight is 312 g/mol. The lowest BCUT2D eigenvalue weighted by molar-refractivity contribution is -0.115. The first-order chi connectivity index (χ1) is 8.81. The molecule has 19 heavy (non-hydrogen) atoms. The molecule has 0 radical (unpaired) electrons. The Morgan fingerprint density at radius 2 is 1.89 bits per heavy atom. The van der Waals surface area contributed by atoms with Gasteiger partial charge in [-0.25, -0.2) is 17.5 Å². The minimum atomic E-state index is -3.83. The van der Waals surface area contributed by atoms with Crippen molar-refractivity contribution >= 4 is 21.6 Å². The molecule has 1 unspecified atom stereocenters. The summed E-state index contributed by atoms with van der Waals surface area (Å²) >= 11 is 5.56. The molecule has 0 fully saturated rings. The zero-order valence-corrected chi connectivity index (χ0v) is 12.3. The smallest absolute Gasteiger partial charge is 0.241 e. The normalized spacial score (nSPS) is 13.8. The van der Waals surface area contributed by atoms with E-state index >= 15 is 0 Å². The van der Waals surface area contributed by atoms with Crippen LogP contribution in [0.2, 0.25) is 5.02 Å². The van der Waals surface area contributed by atoms with Crippen LogP contribution in [0.4, 0.5) is 4.39 Å². The van der Waals surface area contributed by atoms with E-state index < -0.39 is 28.2 Å². The van der Waals surface area contributed by atoms with Crippen LogP contribution in [0.25, 0.3) is 0 Å². The molecule has 1 atom stereocenters. The number of halogens is 2. The van der Waals surface area contributed by atoms with Gasteiger partial charge >= 0.3 is 0 Å². The monoisotopic (exact) mass is 311 g/mol. The summed E-state index contributed by atoms with van der Waals surface area (Å²) in [7, 11) is -1.03. The number of methoxy groups -OCH3 is 2. The Morgan fingerprint density at radius 3 is 2.37 bits per heavy atom. The van der Waals surface area contributed by atoms with Gasteiger partial charge in [0.15, 0.2) is 6.29 Å². The third-order valence-electron chi connectivity index (χ3n) is 2.42. The average Bonchev–Trinajstić information content (AvgIpc) is 2.33. The number of sulfonamides is 1. The second kappa shape index (κ2) is 6.62. The summed E-state index contributed by atoms with van der Waals surface area (Å²) < 4.78 is 49.3. The standard InChI is InChI=1S/C11H15ClFNO4S/c1-7(11(17-2)18-3)14-19(15,16)8-4-5-10(13)9(12)6-8/h4-7,11,14H,1-3H3. The van der Waals surface area contributed by atoms with Crippen molar-refractivity contribution in [3.8, 4) is 0 Å². The fourth-order valence-corrected chi connectivity index (χ4v) is 3.02. The predicted molar refractivity (Wildman–Crippen MR) is 69.0 cm³/mol. The highest BCUT2D eigenvalue weighted by molar-refractivity contribution is 7.89. The Bertz CT molecular complexity index is 533. The van der Waals surface area contributed by atoms with E-state index in [1.165, 1.54) is 14.2 Å². The molecule has 0 saturated carbocycles. The molecule has 0 heterocycles. The molecule has 108 valence electrons. The summed E-state index contributed by atoms with van der Waals surface area (Å²) in [6, 6.07) is 2.54. The SMILES string of the molecule is COC(OC)C(C)NS(=O)(=O)c1ccc(F)c(Cl)c1. The van der Waals surface area contributed by atoms with Crippen molar-refractivity contribution in [3.63, 3.8) is 0 Å². The first kappa shape index (κ1) is 16.3. The number of benzene rings is 1. The van der Waals surface area contributed by atoms with Gasteiger partial charge in [-0.2, -0.15) is 0 Å². The van der Waals surface area contributed by atoms with Crippen LogP contribution in [0, 0.1) is 5.82 Å². The molecule has 0 saturated heterocycles. The highest BCUT2D eigenvalue weighted by Crippen LogP contribution is 2.19. The van der Waals surface area contributed by atoms with Gasteiger partial charge in [0.25, 0.3) is 0 Å². The van der Waals surface area contributed by atoms with E-state index in [9.17, 15) is 12.8 Å². The predicted octanol–water partition coefficient (Wildman–Crippen LogP) is 1.76. The van der Waals surface area contributed by atoms with Crippen molar-refractivity contribution in [1.29, 1.82) is 0 Å². The van der Waals surface area contributed by atoms with Gasteiger partial charge in [0, 0.05) is 14.2 Å². The van der Waals surface area contributed by atoms with Gasteiger partial charge in [-0.15, -0.1) is 0 Å². The molecule has 0 aromatic heterocycles. The summed E-state index contributed by atoms with van der Waals surface area (Å²) in [5.41, 5.74) is 0. The second-order valence-electron chi connectivity index (χ2n) is 3.83. The van der Waals surface area contributed by atoms with E-state index in [2.05, 4.69) is 4.72 Å². The largest absolute Gasteiger partial charge is 0.354 e. The lowest BCUT2D eigenvalue weighted by Crippen LogP contribution is -2.42. The molecule has 0 bridgehead atoms. The van der Waals surface area contributed by atoms with Gasteiger partial charge in [0.05, 0.1) is 16.0 Å². The molecule has 5 nitrogen and oxygen atoms in total. The molecule has 1 N–H and O–H groups in total. The number of hydrogen-bond donors (Lipinski definition) is 1. The molecular formula is C11H15ClFNO4S. The molecule has 0 aliphatic rings. The van der Waals surface area contributed by atoms with Gasteiger partial charge in [-0.05, 0) is 25.1 Å². The Kier molecular flexibility index (Phi) is 5.69. The lowest BCUT2D eigenvalue weighted by atomic mass is 10.3. The van der Waals surface area contributed by atoms with Gasteiger partial charge in [0.2, 0.25) is 10.0 Å². The van der Waals surface area contributed by atoms with Crippen LogP contribution in [-0.4, -0.2) is 35.0 Å². The van der Waals surface area contributed by atoms with E-state index in [1.807, 2.05) is 0 Å². The Labute approximate surface area is 116 Å². The third kappa shape index (κ3) is 4.12. The Balaban J connectivity index is 2.95. The Morgan fingerprint density at radius 1 is 1.32 bits per heavy atom. The van der Waals surface area contributed by atoms with Crippen molar-refractivity contribution in [2.24, 2.45) is 0 Å². The van der Waals surface area contributed by atoms with Crippen molar-refractivity contribution in [1.82, 2.24) is 4.72 Å². The maximum absolute atomic E-state index is 13.0. The zero-order valence-electron chi connectivity index (χ0n) is 10.7. The summed E-state index contributed by atoms with van der Waals surface area (Å²) in [6.07, 6.45) is -0.731. The number of rotatable bonds is 6. The Hall–Kier alpha value is -0.730. The van der Waals surface area contributed by atoms with E-state index in [0.29, 0.717) is 0 Å². The van der Waals surface area contributed by atoms with E-state index in [1.54, 1.807) is 6.92 Å². The van der Waals surface area contributed by atoms with Crippen LogP contribution in [0.3, 0.4) is 0 Å². The summed E-state index contributed by atoms with van der Waals surface area (Å²) in [5.74, 6) is -0.680. The molecule has 0 aliphatic heterocycles. The minimum absolute atomic E-state index is 0.128. The molecule has 1 aromatic carbocycles. The van der Waals surface area contributed by atoms with Gasteiger partial charge in [-0.1, -0.05) is 11.6 Å². The van der Waals surface area contributed by atoms with Gasteiger partial charge in [-0.3, -0.25) is 0 Å². The topological polar surface area (TPSA) is 64.6 Å². The molecule has 1 aromatic rings. The summed E-state index contributed by atoms with van der Waals surface area (Å²) in [5, 5.41) is -0.259. The molecule has 0 aliphatic carbocycles.